The third-order valence-electron chi connectivity index (χ3n) is 8.20. The lowest BCUT2D eigenvalue weighted by atomic mass is 9.59. The van der Waals surface area contributed by atoms with Crippen LogP contribution in [0.2, 0.25) is 5.02 Å². The molecule has 1 heterocycles. The van der Waals surface area contributed by atoms with Gasteiger partial charge in [0.2, 0.25) is 11.8 Å². The summed E-state index contributed by atoms with van der Waals surface area (Å²) in [5, 5.41) is 11.5. The molecule has 0 spiro atoms. The van der Waals surface area contributed by atoms with E-state index < -0.39 is 23.7 Å². The topological polar surface area (TPSA) is 101 Å². The minimum absolute atomic E-state index is 0.0759. The van der Waals surface area contributed by atoms with Crippen LogP contribution in [0.25, 0.3) is 0 Å². The van der Waals surface area contributed by atoms with E-state index in [9.17, 15) is 24.3 Å². The van der Waals surface area contributed by atoms with E-state index in [1.165, 1.54) is 24.2 Å². The number of ketones is 2. The molecule has 2 amide bonds. The zero-order chi connectivity index (χ0) is 26.9. The average molecular weight is 530 g/mol. The van der Waals surface area contributed by atoms with E-state index in [-0.39, 0.29) is 35.6 Å². The first-order valence-electron chi connectivity index (χ1n) is 12.4. The Hall–Kier alpha value is -3.97. The molecule has 6 rings (SSSR count). The minimum atomic E-state index is -0.783. The molecule has 0 aromatic heterocycles. The Morgan fingerprint density at radius 3 is 2.45 bits per heavy atom. The summed E-state index contributed by atoms with van der Waals surface area (Å²) in [4.78, 5) is 55.4. The van der Waals surface area contributed by atoms with Gasteiger partial charge in [0.15, 0.2) is 11.6 Å². The van der Waals surface area contributed by atoms with Crippen molar-refractivity contribution >= 4 is 40.7 Å². The van der Waals surface area contributed by atoms with Gasteiger partial charge in [-0.2, -0.15) is 0 Å². The molecule has 3 aliphatic carbocycles. The maximum atomic E-state index is 13.9. The van der Waals surface area contributed by atoms with Crippen LogP contribution in [0.15, 0.2) is 76.9 Å². The first-order chi connectivity index (χ1) is 18.2. The van der Waals surface area contributed by atoms with Crippen molar-refractivity contribution < 1.29 is 29.0 Å². The second-order valence-corrected chi connectivity index (χ2v) is 10.5. The van der Waals surface area contributed by atoms with E-state index >= 15 is 0 Å². The smallest absolute Gasteiger partial charge is 0.238 e. The van der Waals surface area contributed by atoms with E-state index in [1.807, 2.05) is 6.08 Å². The Morgan fingerprint density at radius 2 is 1.74 bits per heavy atom. The normalized spacial score (nSPS) is 26.6. The number of carbonyl (C=O) groups is 4. The number of methoxy groups -OCH3 is 1. The van der Waals surface area contributed by atoms with E-state index in [1.54, 1.807) is 43.3 Å². The van der Waals surface area contributed by atoms with Crippen molar-refractivity contribution in [2.24, 2.45) is 17.8 Å². The van der Waals surface area contributed by atoms with Crippen LogP contribution in [-0.4, -0.2) is 35.6 Å². The molecule has 7 nitrogen and oxygen atoms in total. The van der Waals surface area contributed by atoms with Gasteiger partial charge in [0.1, 0.15) is 11.5 Å². The molecule has 4 aliphatic rings. The number of imide groups is 1. The number of phenolic OH excluding ortho intramolecular Hbond substituents is 1. The van der Waals surface area contributed by atoms with Crippen LogP contribution in [-0.2, 0) is 19.2 Å². The van der Waals surface area contributed by atoms with Gasteiger partial charge in [0.05, 0.1) is 24.6 Å². The number of Topliss-reactive ketones (excluding diaryl/α,β-unsaturated/α-hetero) is 1. The molecule has 0 unspecified atom stereocenters. The largest absolute Gasteiger partial charge is 0.507 e. The fraction of sp³-hybridized carbons (Fsp3) is 0.267. The van der Waals surface area contributed by atoms with Gasteiger partial charge in [0, 0.05) is 33.2 Å². The number of ether oxygens (including phenoxy) is 1. The molecule has 2 aromatic rings. The van der Waals surface area contributed by atoms with Crippen LogP contribution in [0.5, 0.6) is 11.5 Å². The second-order valence-electron chi connectivity index (χ2n) is 10.1. The number of benzene rings is 2. The molecule has 1 saturated heterocycles. The number of phenols is 1. The van der Waals surface area contributed by atoms with Crippen molar-refractivity contribution in [1.82, 2.24) is 0 Å². The summed E-state index contributed by atoms with van der Waals surface area (Å²) in [6, 6.07) is 11.4. The third-order valence-corrected chi connectivity index (χ3v) is 8.45. The lowest BCUT2D eigenvalue weighted by Gasteiger charge is -2.42. The monoisotopic (exact) mass is 529 g/mol. The molecule has 0 bridgehead atoms. The van der Waals surface area contributed by atoms with Crippen molar-refractivity contribution in [3.8, 4) is 11.5 Å². The number of hydrogen-bond donors (Lipinski definition) is 1. The molecule has 192 valence electrons. The fourth-order valence-electron chi connectivity index (χ4n) is 6.56. The van der Waals surface area contributed by atoms with Crippen LogP contribution in [0.4, 0.5) is 5.69 Å². The number of amides is 2. The number of rotatable bonds is 3. The highest BCUT2D eigenvalue weighted by atomic mass is 35.5. The first kappa shape index (κ1) is 24.4. The van der Waals surface area contributed by atoms with Crippen molar-refractivity contribution in [2.75, 3.05) is 12.0 Å². The van der Waals surface area contributed by atoms with Crippen LogP contribution >= 0.6 is 11.6 Å². The molecule has 38 heavy (non-hydrogen) atoms. The summed E-state index contributed by atoms with van der Waals surface area (Å²) in [6.45, 7) is 1.60. The van der Waals surface area contributed by atoms with Crippen molar-refractivity contribution in [2.45, 2.75) is 25.7 Å². The predicted molar refractivity (Wildman–Crippen MR) is 140 cm³/mol. The Kier molecular flexibility index (Phi) is 5.65. The lowest BCUT2D eigenvalue weighted by molar-refractivity contribution is -0.123. The summed E-state index contributed by atoms with van der Waals surface area (Å²) in [5.41, 5.74) is 2.52. The molecule has 0 saturated carbocycles. The summed E-state index contributed by atoms with van der Waals surface area (Å²) in [6.07, 6.45) is 3.71. The number of aromatic hydroxyl groups is 1. The number of carbonyl (C=O) groups excluding carboxylic acids is 4. The zero-order valence-electron chi connectivity index (χ0n) is 20.7. The Balaban J connectivity index is 1.52. The van der Waals surface area contributed by atoms with Crippen molar-refractivity contribution in [3.63, 3.8) is 0 Å². The van der Waals surface area contributed by atoms with E-state index in [0.717, 1.165) is 5.57 Å². The molecule has 1 aliphatic heterocycles. The van der Waals surface area contributed by atoms with Gasteiger partial charge in [-0.05, 0) is 68.2 Å². The fourth-order valence-corrected chi connectivity index (χ4v) is 6.68. The number of halogens is 1. The van der Waals surface area contributed by atoms with E-state index in [4.69, 9.17) is 16.3 Å². The first-order valence-corrected chi connectivity index (χ1v) is 12.8. The molecule has 4 atom stereocenters. The lowest BCUT2D eigenvalue weighted by Crippen LogP contribution is -2.40. The van der Waals surface area contributed by atoms with Gasteiger partial charge < -0.3 is 9.84 Å². The number of allylic oxidation sites excluding steroid dienone is 6. The molecule has 2 aromatic carbocycles. The SMILES string of the molecule is COc1cccc(O)c1[C@H]1C2=CC[C@@H]3C(=O)N(c4ccc(Cl)cc4)C(=O)[C@@H]3[C@@H]2CC2=C1C(=O)C=C(C)C2=O. The predicted octanol–water partition coefficient (Wildman–Crippen LogP) is 4.69. The van der Waals surface area contributed by atoms with Crippen molar-refractivity contribution in [3.05, 3.63) is 87.5 Å². The quantitative estimate of drug-likeness (QED) is 0.352. The Bertz CT molecular complexity index is 1530. The van der Waals surface area contributed by atoms with Gasteiger partial charge in [-0.15, -0.1) is 0 Å². The van der Waals surface area contributed by atoms with Crippen molar-refractivity contribution in [1.29, 1.82) is 0 Å². The second kappa shape index (κ2) is 8.81. The zero-order valence-corrected chi connectivity index (χ0v) is 21.5. The highest BCUT2D eigenvalue weighted by molar-refractivity contribution is 6.31. The molecular formula is C30H24ClNO6. The van der Waals surface area contributed by atoms with E-state index in [0.29, 0.717) is 45.2 Å². The Morgan fingerprint density at radius 1 is 1.00 bits per heavy atom. The van der Waals surface area contributed by atoms with Crippen LogP contribution < -0.4 is 9.64 Å². The molecule has 1 fully saturated rings. The highest BCUT2D eigenvalue weighted by Crippen LogP contribution is 2.57. The summed E-state index contributed by atoms with van der Waals surface area (Å²) < 4.78 is 5.57. The summed E-state index contributed by atoms with van der Waals surface area (Å²) in [5.74, 6) is -3.48. The number of anilines is 1. The van der Waals surface area contributed by atoms with Crippen LogP contribution in [0, 0.1) is 17.8 Å². The molecular weight excluding hydrogens is 506 g/mol. The average Bonchev–Trinajstić information content (AvgIpc) is 3.16. The van der Waals surface area contributed by atoms with E-state index in [2.05, 4.69) is 0 Å². The summed E-state index contributed by atoms with van der Waals surface area (Å²) >= 11 is 6.02. The van der Waals surface area contributed by atoms with Crippen LogP contribution in [0.3, 0.4) is 0 Å². The Labute approximate surface area is 224 Å². The van der Waals surface area contributed by atoms with Gasteiger partial charge in [-0.3, -0.25) is 24.1 Å². The van der Waals surface area contributed by atoms with Gasteiger partial charge in [0.25, 0.3) is 0 Å². The highest BCUT2D eigenvalue weighted by Gasteiger charge is 2.57. The standard InChI is InChI=1S/C30H24ClNO6/c1-14-12-22(34)25-20(28(14)35)13-19-17(26(25)27-21(33)4-3-5-23(27)38-2)10-11-18-24(19)30(37)32(29(18)36)16-8-6-15(31)7-9-16/h3-10,12,18-19,24,26,33H,11,13H2,1-2H3/t18-,19+,24-,26-/m0/s1. The number of nitrogens with zero attached hydrogens (tertiary/aromatic N) is 1. The summed E-state index contributed by atoms with van der Waals surface area (Å²) in [7, 11) is 1.47. The minimum Gasteiger partial charge on any atom is -0.507 e. The molecule has 1 N–H and O–H groups in total. The third kappa shape index (κ3) is 3.42. The van der Waals surface area contributed by atoms with Gasteiger partial charge >= 0.3 is 0 Å². The van der Waals surface area contributed by atoms with Gasteiger partial charge in [-0.1, -0.05) is 29.3 Å². The maximum Gasteiger partial charge on any atom is 0.238 e. The molecule has 0 radical (unpaired) electrons. The molecule has 8 heteroatoms. The number of hydrogen-bond acceptors (Lipinski definition) is 6. The number of fused-ring (bicyclic) bond motifs is 3. The maximum absolute atomic E-state index is 13.9. The van der Waals surface area contributed by atoms with Crippen LogP contribution in [0.1, 0.15) is 31.2 Å². The van der Waals surface area contributed by atoms with Gasteiger partial charge in [-0.25, -0.2) is 0 Å².